The molecule has 8 heteroatoms. The summed E-state index contributed by atoms with van der Waals surface area (Å²) in [6.45, 7) is 4.78. The maximum atomic E-state index is 15.7. The number of fused-ring (bicyclic) bond motifs is 1. The predicted octanol–water partition coefficient (Wildman–Crippen LogP) is 3.44. The lowest BCUT2D eigenvalue weighted by Gasteiger charge is -2.37. The van der Waals surface area contributed by atoms with E-state index >= 15 is 4.39 Å². The van der Waals surface area contributed by atoms with Crippen LogP contribution in [0, 0.1) is 5.82 Å². The maximum Gasteiger partial charge on any atom is 0.341 e. The molecule has 0 bridgehead atoms. The second-order valence-electron chi connectivity index (χ2n) is 7.39. The lowest BCUT2D eigenvalue weighted by Crippen LogP contribution is -2.46. The number of pyridine rings is 1. The van der Waals surface area contributed by atoms with E-state index in [1.165, 1.54) is 12.3 Å². The molecule has 2 unspecified atom stereocenters. The van der Waals surface area contributed by atoms with Crippen LogP contribution in [0.1, 0.15) is 43.1 Å². The van der Waals surface area contributed by atoms with Gasteiger partial charge in [-0.05, 0) is 32.8 Å². The van der Waals surface area contributed by atoms with Gasteiger partial charge in [-0.25, -0.2) is 9.18 Å². The largest absolute Gasteiger partial charge is 0.477 e. The van der Waals surface area contributed by atoms with Crippen LogP contribution in [0.15, 0.2) is 17.1 Å². The summed E-state index contributed by atoms with van der Waals surface area (Å²) in [5, 5.41) is 9.45. The first-order chi connectivity index (χ1) is 12.8. The Morgan fingerprint density at radius 2 is 1.93 bits per heavy atom. The van der Waals surface area contributed by atoms with Gasteiger partial charge in [-0.15, -0.1) is 0 Å². The molecule has 2 aliphatic rings. The SMILES string of the molecule is CC1CN(c2c(Cl)cc3c(=O)c(C(=O)O)cn(C4CC4)c3c2F)CC(C)O1. The van der Waals surface area contributed by atoms with Crippen LogP contribution in [0.5, 0.6) is 0 Å². The number of halogens is 2. The monoisotopic (exact) mass is 394 g/mol. The molecule has 1 aliphatic carbocycles. The van der Waals surface area contributed by atoms with Gasteiger partial charge in [0.05, 0.1) is 33.8 Å². The molecule has 2 heterocycles. The molecule has 1 aliphatic heterocycles. The molecule has 1 saturated carbocycles. The number of carboxylic acids is 1. The van der Waals surface area contributed by atoms with Crippen molar-refractivity contribution in [1.82, 2.24) is 4.57 Å². The van der Waals surface area contributed by atoms with E-state index in [9.17, 15) is 14.7 Å². The normalized spacial score (nSPS) is 23.0. The molecule has 1 aromatic heterocycles. The van der Waals surface area contributed by atoms with E-state index in [1.54, 1.807) is 4.57 Å². The Hall–Kier alpha value is -2.12. The smallest absolute Gasteiger partial charge is 0.341 e. The molecular formula is C19H20ClFN2O4. The van der Waals surface area contributed by atoms with Crippen LogP contribution in [0.25, 0.3) is 10.9 Å². The van der Waals surface area contributed by atoms with Crippen molar-refractivity contribution in [3.05, 3.63) is 38.9 Å². The summed E-state index contributed by atoms with van der Waals surface area (Å²) in [4.78, 5) is 25.9. The summed E-state index contributed by atoms with van der Waals surface area (Å²) < 4.78 is 23.0. The molecule has 4 rings (SSSR count). The van der Waals surface area contributed by atoms with Crippen molar-refractivity contribution in [2.24, 2.45) is 0 Å². The quantitative estimate of drug-likeness (QED) is 0.863. The summed E-state index contributed by atoms with van der Waals surface area (Å²) in [5.74, 6) is -1.91. The highest BCUT2D eigenvalue weighted by Crippen LogP contribution is 2.41. The Balaban J connectivity index is 1.98. The standard InChI is InChI=1S/C19H20ClFN2O4/c1-9-6-22(7-10(2)27-9)17-14(20)5-12-16(15(17)21)23(11-3-4-11)8-13(18(12)24)19(25)26/h5,8-11H,3-4,6-7H2,1-2H3,(H,25,26). The van der Waals surface area contributed by atoms with Crippen molar-refractivity contribution in [3.8, 4) is 0 Å². The summed E-state index contributed by atoms with van der Waals surface area (Å²) in [6, 6.07) is 1.39. The number of hydrogen-bond acceptors (Lipinski definition) is 4. The lowest BCUT2D eigenvalue weighted by atomic mass is 10.1. The Kier molecular flexibility index (Phi) is 4.39. The fraction of sp³-hybridized carbons (Fsp3) is 0.474. The van der Waals surface area contributed by atoms with Crippen molar-refractivity contribution in [2.45, 2.75) is 44.9 Å². The molecule has 1 saturated heterocycles. The van der Waals surface area contributed by atoms with E-state index in [0.717, 1.165) is 12.8 Å². The second-order valence-corrected chi connectivity index (χ2v) is 7.80. The van der Waals surface area contributed by atoms with E-state index in [2.05, 4.69) is 0 Å². The summed E-state index contributed by atoms with van der Waals surface area (Å²) in [6.07, 6.45) is 2.73. The Bertz CT molecular complexity index is 992. The zero-order valence-corrected chi connectivity index (χ0v) is 15.8. The zero-order chi connectivity index (χ0) is 19.5. The van der Waals surface area contributed by atoms with Gasteiger partial charge in [-0.2, -0.15) is 0 Å². The van der Waals surface area contributed by atoms with Gasteiger partial charge in [-0.3, -0.25) is 4.79 Å². The Labute approximate surface area is 160 Å². The first-order valence-electron chi connectivity index (χ1n) is 8.98. The molecule has 6 nitrogen and oxygen atoms in total. The molecule has 144 valence electrons. The number of aromatic nitrogens is 1. The van der Waals surface area contributed by atoms with Crippen molar-refractivity contribution in [1.29, 1.82) is 0 Å². The zero-order valence-electron chi connectivity index (χ0n) is 15.0. The maximum absolute atomic E-state index is 15.7. The van der Waals surface area contributed by atoms with Crippen molar-refractivity contribution in [3.63, 3.8) is 0 Å². The number of hydrogen-bond donors (Lipinski definition) is 1. The lowest BCUT2D eigenvalue weighted by molar-refractivity contribution is -0.00537. The minimum atomic E-state index is -1.33. The number of ether oxygens (including phenoxy) is 1. The molecule has 2 fully saturated rings. The van der Waals surface area contributed by atoms with Gasteiger partial charge in [0.15, 0.2) is 5.82 Å². The molecule has 1 aromatic carbocycles. The molecule has 1 N–H and O–H groups in total. The fourth-order valence-electron chi connectivity index (χ4n) is 3.87. The third kappa shape index (κ3) is 3.08. The number of carboxylic acid groups (broad SMARTS) is 1. The van der Waals surface area contributed by atoms with Gasteiger partial charge in [0, 0.05) is 25.3 Å². The van der Waals surface area contributed by atoms with E-state index in [4.69, 9.17) is 16.3 Å². The highest BCUT2D eigenvalue weighted by Gasteiger charge is 2.32. The molecule has 0 radical (unpaired) electrons. The third-order valence-corrected chi connectivity index (χ3v) is 5.38. The minimum absolute atomic E-state index is 0.00223. The summed E-state index contributed by atoms with van der Waals surface area (Å²) in [7, 11) is 0. The molecular weight excluding hydrogens is 375 g/mol. The van der Waals surface area contributed by atoms with Crippen molar-refractivity contribution in [2.75, 3.05) is 18.0 Å². The van der Waals surface area contributed by atoms with Crippen LogP contribution in [0.4, 0.5) is 10.1 Å². The van der Waals surface area contributed by atoms with E-state index < -0.39 is 17.2 Å². The Morgan fingerprint density at radius 1 is 1.30 bits per heavy atom. The van der Waals surface area contributed by atoms with Gasteiger partial charge >= 0.3 is 5.97 Å². The molecule has 27 heavy (non-hydrogen) atoms. The Morgan fingerprint density at radius 3 is 2.48 bits per heavy atom. The van der Waals surface area contributed by atoms with Crippen LogP contribution >= 0.6 is 11.6 Å². The molecule has 0 amide bonds. The minimum Gasteiger partial charge on any atom is -0.477 e. The van der Waals surface area contributed by atoms with Crippen LogP contribution in [-0.2, 0) is 4.74 Å². The second kappa shape index (κ2) is 6.49. The average Bonchev–Trinajstić information content (AvgIpc) is 3.39. The number of morpholine rings is 1. The number of anilines is 1. The number of benzene rings is 1. The van der Waals surface area contributed by atoms with Crippen LogP contribution in [0.3, 0.4) is 0 Å². The highest BCUT2D eigenvalue weighted by molar-refractivity contribution is 6.34. The third-order valence-electron chi connectivity index (χ3n) is 5.09. The van der Waals surface area contributed by atoms with Gasteiger partial charge < -0.3 is 19.3 Å². The van der Waals surface area contributed by atoms with Gasteiger partial charge in [0.25, 0.3) is 0 Å². The van der Waals surface area contributed by atoms with Crippen molar-refractivity contribution < 1.29 is 19.0 Å². The van der Waals surface area contributed by atoms with E-state index in [0.29, 0.717) is 13.1 Å². The molecule has 0 spiro atoms. The predicted molar refractivity (Wildman–Crippen MR) is 101 cm³/mol. The van der Waals surface area contributed by atoms with Crippen LogP contribution in [-0.4, -0.2) is 40.9 Å². The number of carbonyl (C=O) groups is 1. The highest BCUT2D eigenvalue weighted by atomic mass is 35.5. The van der Waals surface area contributed by atoms with Crippen LogP contribution in [0.2, 0.25) is 5.02 Å². The molecule has 2 atom stereocenters. The molecule has 2 aromatic rings. The van der Waals surface area contributed by atoms with Crippen LogP contribution < -0.4 is 10.3 Å². The van der Waals surface area contributed by atoms with Gasteiger partial charge in [0.1, 0.15) is 5.56 Å². The topological polar surface area (TPSA) is 71.8 Å². The number of nitrogens with zero attached hydrogens (tertiary/aromatic N) is 2. The number of rotatable bonds is 3. The van der Waals surface area contributed by atoms with E-state index in [1.807, 2.05) is 18.7 Å². The fourth-order valence-corrected chi connectivity index (χ4v) is 4.19. The number of aromatic carboxylic acids is 1. The first kappa shape index (κ1) is 18.3. The van der Waals surface area contributed by atoms with E-state index in [-0.39, 0.29) is 45.4 Å². The van der Waals surface area contributed by atoms with Gasteiger partial charge in [-0.1, -0.05) is 11.6 Å². The first-order valence-corrected chi connectivity index (χ1v) is 9.36. The summed E-state index contributed by atoms with van der Waals surface area (Å²) >= 11 is 6.37. The summed E-state index contributed by atoms with van der Waals surface area (Å²) in [5.41, 5.74) is -0.724. The van der Waals surface area contributed by atoms with Crippen molar-refractivity contribution >= 4 is 34.2 Å². The van der Waals surface area contributed by atoms with Gasteiger partial charge in [0.2, 0.25) is 5.43 Å². The average molecular weight is 395 g/mol.